The van der Waals surface area contributed by atoms with Crippen molar-refractivity contribution in [3.8, 4) is 0 Å². The minimum absolute atomic E-state index is 0.369. The quantitative estimate of drug-likeness (QED) is 0.814. The van der Waals surface area contributed by atoms with Crippen molar-refractivity contribution < 1.29 is 9.84 Å². The number of aliphatic hydroxyl groups is 1. The van der Waals surface area contributed by atoms with E-state index in [2.05, 4.69) is 6.92 Å². The van der Waals surface area contributed by atoms with Gasteiger partial charge in [-0.1, -0.05) is 26.2 Å². The van der Waals surface area contributed by atoms with E-state index in [-0.39, 0.29) is 0 Å². The summed E-state index contributed by atoms with van der Waals surface area (Å²) in [6.07, 6.45) is 12.3. The lowest BCUT2D eigenvalue weighted by atomic mass is 9.83. The highest BCUT2D eigenvalue weighted by atomic mass is 16.5. The predicted octanol–water partition coefficient (Wildman–Crippen LogP) is 3.52. The summed E-state index contributed by atoms with van der Waals surface area (Å²) < 4.78 is 6.35. The van der Waals surface area contributed by atoms with Gasteiger partial charge < -0.3 is 9.84 Å². The van der Waals surface area contributed by atoms with Crippen LogP contribution in [0.15, 0.2) is 0 Å². The van der Waals surface area contributed by atoms with Crippen molar-refractivity contribution in [1.82, 2.24) is 0 Å². The Morgan fingerprint density at radius 1 is 1.00 bits per heavy atom. The molecular formula is C15H28O2. The molecule has 0 aromatic rings. The Balaban J connectivity index is 1.76. The van der Waals surface area contributed by atoms with Crippen molar-refractivity contribution >= 4 is 0 Å². The first-order chi connectivity index (χ1) is 8.33. The van der Waals surface area contributed by atoms with Crippen molar-refractivity contribution in [3.05, 3.63) is 0 Å². The molecule has 2 saturated carbocycles. The van der Waals surface area contributed by atoms with Gasteiger partial charge in [0.25, 0.3) is 0 Å². The molecule has 17 heavy (non-hydrogen) atoms. The van der Waals surface area contributed by atoms with E-state index in [9.17, 15) is 0 Å². The summed E-state index contributed by atoms with van der Waals surface area (Å²) in [5, 5.41) is 9.14. The smallest absolute Gasteiger partial charge is 0.0606 e. The van der Waals surface area contributed by atoms with Crippen LogP contribution >= 0.6 is 0 Å². The number of aliphatic hydroxyl groups excluding tert-OH is 1. The van der Waals surface area contributed by atoms with Gasteiger partial charge in [-0.25, -0.2) is 0 Å². The Hall–Kier alpha value is -0.0800. The van der Waals surface area contributed by atoms with E-state index in [1.807, 2.05) is 0 Å². The molecule has 0 amide bonds. The highest BCUT2D eigenvalue weighted by Gasteiger charge is 2.29. The van der Waals surface area contributed by atoms with Crippen molar-refractivity contribution in [1.29, 1.82) is 0 Å². The van der Waals surface area contributed by atoms with Crippen molar-refractivity contribution in [2.24, 2.45) is 11.8 Å². The lowest BCUT2D eigenvalue weighted by Crippen LogP contribution is -2.33. The van der Waals surface area contributed by atoms with Gasteiger partial charge in [-0.15, -0.1) is 0 Å². The molecule has 0 aliphatic heterocycles. The summed E-state index contributed by atoms with van der Waals surface area (Å²) in [7, 11) is 0. The Bertz CT molecular complexity index is 209. The minimum atomic E-state index is 0.369. The van der Waals surface area contributed by atoms with Gasteiger partial charge in [-0.3, -0.25) is 0 Å². The van der Waals surface area contributed by atoms with Gasteiger partial charge in [0.05, 0.1) is 12.2 Å². The Labute approximate surface area is 106 Å². The van der Waals surface area contributed by atoms with E-state index in [0.717, 1.165) is 31.6 Å². The number of ether oxygens (including phenoxy) is 1. The third-order valence-corrected chi connectivity index (χ3v) is 4.78. The van der Waals surface area contributed by atoms with Crippen LogP contribution in [0.5, 0.6) is 0 Å². The van der Waals surface area contributed by atoms with Crippen LogP contribution in [0.3, 0.4) is 0 Å². The zero-order valence-electron chi connectivity index (χ0n) is 11.2. The molecule has 0 aromatic carbocycles. The SMILES string of the molecule is CCC1CCCCC1OC1CCC(CO)CC1. The molecule has 0 bridgehead atoms. The molecule has 2 aliphatic rings. The molecule has 2 nitrogen and oxygen atoms in total. The normalized spacial score (nSPS) is 39.2. The largest absolute Gasteiger partial charge is 0.396 e. The van der Waals surface area contributed by atoms with Gasteiger partial charge in [-0.05, 0) is 50.4 Å². The molecule has 2 atom stereocenters. The molecule has 0 saturated heterocycles. The van der Waals surface area contributed by atoms with E-state index in [1.54, 1.807) is 0 Å². The maximum absolute atomic E-state index is 9.14. The van der Waals surface area contributed by atoms with Gasteiger partial charge in [0.2, 0.25) is 0 Å². The summed E-state index contributed by atoms with van der Waals surface area (Å²) in [5.41, 5.74) is 0. The maximum Gasteiger partial charge on any atom is 0.0606 e. The molecule has 0 spiro atoms. The fraction of sp³-hybridized carbons (Fsp3) is 1.00. The molecule has 1 N–H and O–H groups in total. The fourth-order valence-corrected chi connectivity index (χ4v) is 3.52. The Morgan fingerprint density at radius 2 is 1.71 bits per heavy atom. The number of hydrogen-bond acceptors (Lipinski definition) is 2. The number of hydrogen-bond donors (Lipinski definition) is 1. The van der Waals surface area contributed by atoms with Crippen LogP contribution in [0.2, 0.25) is 0 Å². The lowest BCUT2D eigenvalue weighted by Gasteiger charge is -2.36. The minimum Gasteiger partial charge on any atom is -0.396 e. The van der Waals surface area contributed by atoms with Gasteiger partial charge in [0.15, 0.2) is 0 Å². The van der Waals surface area contributed by atoms with E-state index in [4.69, 9.17) is 9.84 Å². The van der Waals surface area contributed by atoms with Gasteiger partial charge in [-0.2, -0.15) is 0 Å². The first kappa shape index (κ1) is 13.4. The highest BCUT2D eigenvalue weighted by molar-refractivity contribution is 4.79. The first-order valence-electron chi connectivity index (χ1n) is 7.59. The van der Waals surface area contributed by atoms with Crippen LogP contribution in [0.25, 0.3) is 0 Å². The van der Waals surface area contributed by atoms with E-state index in [0.29, 0.717) is 24.7 Å². The van der Waals surface area contributed by atoms with Crippen LogP contribution < -0.4 is 0 Å². The average molecular weight is 240 g/mol. The second-order valence-electron chi connectivity index (χ2n) is 5.95. The summed E-state index contributed by atoms with van der Waals surface area (Å²) in [4.78, 5) is 0. The van der Waals surface area contributed by atoms with E-state index < -0.39 is 0 Å². The maximum atomic E-state index is 9.14. The molecule has 2 fully saturated rings. The molecule has 2 unspecified atom stereocenters. The lowest BCUT2D eigenvalue weighted by molar-refractivity contribution is -0.0793. The zero-order valence-corrected chi connectivity index (χ0v) is 11.2. The van der Waals surface area contributed by atoms with Crippen LogP contribution in [-0.2, 0) is 4.74 Å². The Morgan fingerprint density at radius 3 is 2.35 bits per heavy atom. The third-order valence-electron chi connectivity index (χ3n) is 4.78. The topological polar surface area (TPSA) is 29.5 Å². The fourth-order valence-electron chi connectivity index (χ4n) is 3.52. The summed E-state index contributed by atoms with van der Waals surface area (Å²) in [5.74, 6) is 1.35. The molecule has 2 heteroatoms. The number of rotatable bonds is 4. The Kier molecular flexibility index (Phi) is 5.30. The molecule has 2 aliphatic carbocycles. The highest BCUT2D eigenvalue weighted by Crippen LogP contribution is 2.33. The summed E-state index contributed by atoms with van der Waals surface area (Å²) in [6.45, 7) is 2.67. The standard InChI is InChI=1S/C15H28O2/c1-2-13-5-3-4-6-15(13)17-14-9-7-12(11-16)8-10-14/h12-16H,2-11H2,1H3. The van der Waals surface area contributed by atoms with Crippen LogP contribution in [0.1, 0.15) is 64.7 Å². The molecule has 2 rings (SSSR count). The van der Waals surface area contributed by atoms with Crippen LogP contribution in [0, 0.1) is 11.8 Å². The van der Waals surface area contributed by atoms with Crippen molar-refractivity contribution in [2.45, 2.75) is 76.9 Å². The monoisotopic (exact) mass is 240 g/mol. The van der Waals surface area contributed by atoms with Crippen molar-refractivity contribution in [2.75, 3.05) is 6.61 Å². The second-order valence-corrected chi connectivity index (χ2v) is 5.95. The molecule has 100 valence electrons. The zero-order chi connectivity index (χ0) is 12.1. The van der Waals surface area contributed by atoms with Crippen molar-refractivity contribution in [3.63, 3.8) is 0 Å². The van der Waals surface area contributed by atoms with Gasteiger partial charge in [0, 0.05) is 6.61 Å². The van der Waals surface area contributed by atoms with E-state index in [1.165, 1.54) is 32.1 Å². The third kappa shape index (κ3) is 3.69. The molecule has 0 heterocycles. The molecular weight excluding hydrogens is 212 g/mol. The van der Waals surface area contributed by atoms with Crippen LogP contribution in [0.4, 0.5) is 0 Å². The van der Waals surface area contributed by atoms with Gasteiger partial charge in [0.1, 0.15) is 0 Å². The summed E-state index contributed by atoms with van der Waals surface area (Å²) >= 11 is 0. The van der Waals surface area contributed by atoms with Gasteiger partial charge >= 0.3 is 0 Å². The second kappa shape index (κ2) is 6.75. The first-order valence-corrected chi connectivity index (χ1v) is 7.59. The summed E-state index contributed by atoms with van der Waals surface area (Å²) in [6, 6.07) is 0. The van der Waals surface area contributed by atoms with Crippen LogP contribution in [-0.4, -0.2) is 23.9 Å². The van der Waals surface area contributed by atoms with E-state index >= 15 is 0 Å². The molecule has 0 radical (unpaired) electrons. The molecule has 0 aromatic heterocycles. The average Bonchev–Trinajstić information content (AvgIpc) is 2.40. The predicted molar refractivity (Wildman–Crippen MR) is 70.0 cm³/mol.